The van der Waals surface area contributed by atoms with Gasteiger partial charge in [-0.3, -0.25) is 4.79 Å². The van der Waals surface area contributed by atoms with Crippen molar-refractivity contribution in [2.24, 2.45) is 0 Å². The molecule has 0 unspecified atom stereocenters. The predicted molar refractivity (Wildman–Crippen MR) is 70.3 cm³/mol. The quantitative estimate of drug-likeness (QED) is 0.675. The highest BCUT2D eigenvalue weighted by Crippen LogP contribution is 2.27. The number of halogens is 4. The van der Waals surface area contributed by atoms with Gasteiger partial charge >= 0.3 is 0 Å². The molecule has 20 heavy (non-hydrogen) atoms. The summed E-state index contributed by atoms with van der Waals surface area (Å²) in [5.74, 6) is -3.81. The molecule has 0 aliphatic heterocycles. The fraction of sp³-hybridized carbons (Fsp3) is 0.0714. The predicted octanol–water partition coefficient (Wildman–Crippen LogP) is 3.88. The van der Waals surface area contributed by atoms with Crippen LogP contribution in [0.4, 0.5) is 18.9 Å². The molecular weight excluding hydrogens is 291 g/mol. The highest BCUT2D eigenvalue weighted by Gasteiger charge is 2.23. The van der Waals surface area contributed by atoms with Crippen LogP contribution in [0.2, 0.25) is 5.02 Å². The molecule has 0 fully saturated rings. The van der Waals surface area contributed by atoms with E-state index in [1.54, 1.807) is 0 Å². The normalized spacial score (nSPS) is 10.7. The summed E-state index contributed by atoms with van der Waals surface area (Å²) in [6, 6.07) is 3.96. The molecule has 6 heteroatoms. The number of aryl methyl sites for hydroxylation is 1. The summed E-state index contributed by atoms with van der Waals surface area (Å²) in [4.78, 5) is 12.2. The molecule has 0 bridgehead atoms. The topological polar surface area (TPSA) is 43.1 Å². The number of nitrogens with two attached hydrogens (primary N) is 1. The van der Waals surface area contributed by atoms with Crippen LogP contribution in [0.3, 0.4) is 0 Å². The van der Waals surface area contributed by atoms with E-state index in [1.165, 1.54) is 6.92 Å². The van der Waals surface area contributed by atoms with Crippen molar-refractivity contribution in [3.63, 3.8) is 0 Å². The van der Waals surface area contributed by atoms with E-state index in [-0.39, 0.29) is 21.8 Å². The van der Waals surface area contributed by atoms with Gasteiger partial charge in [0.2, 0.25) is 5.78 Å². The Labute approximate surface area is 118 Å². The van der Waals surface area contributed by atoms with E-state index in [0.717, 1.165) is 24.3 Å². The number of benzene rings is 2. The fourth-order valence-electron chi connectivity index (χ4n) is 1.74. The van der Waals surface area contributed by atoms with Gasteiger partial charge in [0, 0.05) is 5.56 Å². The summed E-state index contributed by atoms with van der Waals surface area (Å²) in [5, 5.41) is -0.223. The van der Waals surface area contributed by atoms with Gasteiger partial charge in [-0.05, 0) is 36.8 Å². The maximum atomic E-state index is 13.8. The minimum atomic E-state index is -1.16. The Morgan fingerprint density at radius 1 is 1.15 bits per heavy atom. The van der Waals surface area contributed by atoms with Gasteiger partial charge in [-0.15, -0.1) is 0 Å². The second-order valence-corrected chi connectivity index (χ2v) is 4.64. The minimum Gasteiger partial charge on any atom is -0.396 e. The SMILES string of the molecule is Cc1cc(C(=O)c2c(F)ccc(N)c2F)c(Cl)cc1F. The Morgan fingerprint density at radius 2 is 1.80 bits per heavy atom. The van der Waals surface area contributed by atoms with Crippen LogP contribution in [-0.4, -0.2) is 5.78 Å². The van der Waals surface area contributed by atoms with E-state index >= 15 is 0 Å². The number of ketones is 1. The first-order valence-electron chi connectivity index (χ1n) is 5.56. The van der Waals surface area contributed by atoms with E-state index in [9.17, 15) is 18.0 Å². The molecule has 2 nitrogen and oxygen atoms in total. The van der Waals surface area contributed by atoms with Gasteiger partial charge in [-0.2, -0.15) is 0 Å². The van der Waals surface area contributed by atoms with Crippen LogP contribution in [0.15, 0.2) is 24.3 Å². The monoisotopic (exact) mass is 299 g/mol. The summed E-state index contributed by atoms with van der Waals surface area (Å²) < 4.78 is 40.7. The molecule has 0 spiro atoms. The van der Waals surface area contributed by atoms with Crippen LogP contribution in [0.5, 0.6) is 0 Å². The number of anilines is 1. The maximum Gasteiger partial charge on any atom is 0.200 e. The van der Waals surface area contributed by atoms with E-state index in [0.29, 0.717) is 0 Å². The third kappa shape index (κ3) is 2.36. The lowest BCUT2D eigenvalue weighted by atomic mass is 9.99. The van der Waals surface area contributed by atoms with E-state index < -0.39 is 28.8 Å². The molecule has 0 atom stereocenters. The molecule has 2 N–H and O–H groups in total. The molecule has 0 amide bonds. The van der Waals surface area contributed by atoms with Gasteiger partial charge in [0.25, 0.3) is 0 Å². The molecule has 2 aromatic carbocycles. The molecule has 0 radical (unpaired) electrons. The first-order valence-corrected chi connectivity index (χ1v) is 5.94. The lowest BCUT2D eigenvalue weighted by molar-refractivity contribution is 0.103. The van der Waals surface area contributed by atoms with Crippen molar-refractivity contribution in [1.82, 2.24) is 0 Å². The van der Waals surface area contributed by atoms with Gasteiger partial charge in [-0.1, -0.05) is 11.6 Å². The summed E-state index contributed by atoms with van der Waals surface area (Å²) in [6.45, 7) is 1.41. The minimum absolute atomic E-state index is 0.141. The summed E-state index contributed by atoms with van der Waals surface area (Å²) in [7, 11) is 0. The van der Waals surface area contributed by atoms with Crippen LogP contribution in [0, 0.1) is 24.4 Å². The Kier molecular flexibility index (Phi) is 3.72. The number of hydrogen-bond acceptors (Lipinski definition) is 2. The number of hydrogen-bond donors (Lipinski definition) is 1. The standard InChI is InChI=1S/C14H9ClF3NO/c1-6-4-7(8(15)5-10(6)17)14(20)12-9(16)2-3-11(19)13(12)18/h2-5H,19H2,1H3. The smallest absolute Gasteiger partial charge is 0.200 e. The molecule has 104 valence electrons. The Hall–Kier alpha value is -2.01. The van der Waals surface area contributed by atoms with Crippen LogP contribution in [0.25, 0.3) is 0 Å². The van der Waals surface area contributed by atoms with Gasteiger partial charge in [0.05, 0.1) is 16.3 Å². The van der Waals surface area contributed by atoms with Gasteiger partial charge in [-0.25, -0.2) is 13.2 Å². The lowest BCUT2D eigenvalue weighted by Crippen LogP contribution is -2.10. The third-order valence-electron chi connectivity index (χ3n) is 2.84. The highest BCUT2D eigenvalue weighted by molar-refractivity contribution is 6.35. The molecule has 2 aromatic rings. The molecule has 2 rings (SSSR count). The van der Waals surface area contributed by atoms with Crippen molar-refractivity contribution in [3.8, 4) is 0 Å². The highest BCUT2D eigenvalue weighted by atomic mass is 35.5. The molecule has 0 saturated heterocycles. The van der Waals surface area contributed by atoms with Crippen molar-refractivity contribution < 1.29 is 18.0 Å². The maximum absolute atomic E-state index is 13.8. The van der Waals surface area contributed by atoms with E-state index in [4.69, 9.17) is 17.3 Å². The van der Waals surface area contributed by atoms with Crippen LogP contribution in [0.1, 0.15) is 21.5 Å². The molecule has 0 saturated carbocycles. The zero-order chi connectivity index (χ0) is 15.0. The Morgan fingerprint density at radius 3 is 2.45 bits per heavy atom. The van der Waals surface area contributed by atoms with E-state index in [2.05, 4.69) is 0 Å². The average Bonchev–Trinajstić information content (AvgIpc) is 2.38. The fourth-order valence-corrected chi connectivity index (χ4v) is 1.98. The first kappa shape index (κ1) is 14.4. The summed E-state index contributed by atoms with van der Waals surface area (Å²) in [5.41, 5.74) is 4.10. The summed E-state index contributed by atoms with van der Waals surface area (Å²) in [6.07, 6.45) is 0. The largest absolute Gasteiger partial charge is 0.396 e. The number of carbonyl (C=O) groups is 1. The van der Waals surface area contributed by atoms with Gasteiger partial charge < -0.3 is 5.73 Å². The van der Waals surface area contributed by atoms with Crippen molar-refractivity contribution >= 4 is 23.1 Å². The second kappa shape index (κ2) is 5.17. The lowest BCUT2D eigenvalue weighted by Gasteiger charge is -2.09. The van der Waals surface area contributed by atoms with Crippen molar-refractivity contribution in [3.05, 3.63) is 63.4 Å². The van der Waals surface area contributed by atoms with Crippen LogP contribution in [-0.2, 0) is 0 Å². The zero-order valence-electron chi connectivity index (χ0n) is 10.3. The number of carbonyl (C=O) groups excluding carboxylic acids is 1. The zero-order valence-corrected chi connectivity index (χ0v) is 11.1. The van der Waals surface area contributed by atoms with E-state index in [1.807, 2.05) is 0 Å². The number of rotatable bonds is 2. The van der Waals surface area contributed by atoms with Crippen molar-refractivity contribution in [2.45, 2.75) is 6.92 Å². The van der Waals surface area contributed by atoms with Crippen molar-refractivity contribution in [2.75, 3.05) is 5.73 Å². The van der Waals surface area contributed by atoms with Crippen LogP contribution >= 0.6 is 11.6 Å². The van der Waals surface area contributed by atoms with Gasteiger partial charge in [0.1, 0.15) is 11.6 Å². The molecule has 0 aliphatic rings. The van der Waals surface area contributed by atoms with Crippen LogP contribution < -0.4 is 5.73 Å². The third-order valence-corrected chi connectivity index (χ3v) is 3.15. The van der Waals surface area contributed by atoms with Gasteiger partial charge in [0.15, 0.2) is 5.82 Å². The molecule has 0 aliphatic carbocycles. The Bertz CT molecular complexity index is 716. The average molecular weight is 300 g/mol. The molecular formula is C14H9ClF3NO. The summed E-state index contributed by atoms with van der Waals surface area (Å²) >= 11 is 5.75. The molecule has 0 aromatic heterocycles. The first-order chi connectivity index (χ1) is 9.32. The molecule has 0 heterocycles. The second-order valence-electron chi connectivity index (χ2n) is 4.24. The Balaban J connectivity index is 2.64. The van der Waals surface area contributed by atoms with Crippen molar-refractivity contribution in [1.29, 1.82) is 0 Å². The number of nitrogen functional groups attached to an aromatic ring is 1.